The van der Waals surface area contributed by atoms with Gasteiger partial charge in [-0.3, -0.25) is 0 Å². The fraction of sp³-hybridized carbons (Fsp3) is 0.333. The van der Waals surface area contributed by atoms with E-state index < -0.39 is 0 Å². The second-order valence-electron chi connectivity index (χ2n) is 5.28. The number of aryl methyl sites for hydroxylation is 2. The first kappa shape index (κ1) is 15.7. The van der Waals surface area contributed by atoms with E-state index in [1.54, 1.807) is 21.7 Å². The van der Waals surface area contributed by atoms with Crippen LogP contribution < -0.4 is 10.6 Å². The van der Waals surface area contributed by atoms with Gasteiger partial charge in [0.05, 0.1) is 0 Å². The van der Waals surface area contributed by atoms with Crippen LogP contribution in [0, 0.1) is 0 Å². The maximum atomic E-state index is 2.37. The Morgan fingerprint density at radius 2 is 1.40 bits per heavy atom. The molecule has 2 aromatic rings. The topological polar surface area (TPSA) is 0 Å². The van der Waals surface area contributed by atoms with Crippen LogP contribution in [0.5, 0.6) is 0 Å². The fourth-order valence-corrected chi connectivity index (χ4v) is 7.63. The Kier molecular flexibility index (Phi) is 6.71. The average molecular weight is 304 g/mol. The second kappa shape index (κ2) is 8.56. The van der Waals surface area contributed by atoms with E-state index in [2.05, 4.69) is 62.4 Å². The minimum absolute atomic E-state index is 0.170. The van der Waals surface area contributed by atoms with Gasteiger partial charge in [-0.15, -0.1) is 0 Å². The predicted molar refractivity (Wildman–Crippen MR) is 99.6 cm³/mol. The van der Waals surface area contributed by atoms with Gasteiger partial charge < -0.3 is 0 Å². The normalized spacial score (nSPS) is 11.5. The standard InChI is InChI=1S/C18H26P2/c1-3-9-15-11-5-7-13-17(15)19-20-18-14-8-6-12-16(18)10-4-2/h5-8,11-14,19H,3-4,9-10H2,1-2,20H3. The summed E-state index contributed by atoms with van der Waals surface area (Å²) in [5.41, 5.74) is 3.18. The summed E-state index contributed by atoms with van der Waals surface area (Å²) in [4.78, 5) is 0. The molecule has 2 rings (SSSR count). The molecule has 0 amide bonds. The third-order valence-corrected chi connectivity index (χ3v) is 8.58. The molecule has 1 atom stereocenters. The van der Waals surface area contributed by atoms with E-state index in [0.717, 1.165) is 8.27 Å². The molecule has 2 aromatic carbocycles. The van der Waals surface area contributed by atoms with E-state index in [1.165, 1.54) is 25.7 Å². The zero-order chi connectivity index (χ0) is 14.2. The second-order valence-corrected chi connectivity index (χ2v) is 9.41. The first-order valence-electron chi connectivity index (χ1n) is 7.73. The third kappa shape index (κ3) is 4.41. The zero-order valence-corrected chi connectivity index (χ0v) is 15.1. The molecule has 20 heavy (non-hydrogen) atoms. The van der Waals surface area contributed by atoms with Gasteiger partial charge in [0.1, 0.15) is 0 Å². The van der Waals surface area contributed by atoms with Gasteiger partial charge in [-0.1, -0.05) is 0 Å². The summed E-state index contributed by atoms with van der Waals surface area (Å²) >= 11 is 0. The molecular formula is C18H26P2. The summed E-state index contributed by atoms with van der Waals surface area (Å²) < 4.78 is 0. The number of hydrogen-bond donors (Lipinski definition) is 0. The van der Waals surface area contributed by atoms with Gasteiger partial charge >= 0.3 is 126 Å². The molecule has 0 saturated carbocycles. The average Bonchev–Trinajstić information content (AvgIpc) is 2.48. The van der Waals surface area contributed by atoms with Gasteiger partial charge in [-0.2, -0.15) is 0 Å². The monoisotopic (exact) mass is 304 g/mol. The Morgan fingerprint density at radius 1 is 0.800 bits per heavy atom. The quantitative estimate of drug-likeness (QED) is 0.670. The molecule has 0 aliphatic carbocycles. The molecule has 0 aliphatic rings. The molecule has 2 heteroatoms. The molecule has 0 heterocycles. The van der Waals surface area contributed by atoms with Crippen molar-refractivity contribution in [1.29, 1.82) is 0 Å². The Labute approximate surface area is 126 Å². The molecule has 0 radical (unpaired) electrons. The molecule has 0 N–H and O–H groups in total. The maximum absolute atomic E-state index is 2.37. The summed E-state index contributed by atoms with van der Waals surface area (Å²) in [5.74, 6) is 0. The van der Waals surface area contributed by atoms with Gasteiger partial charge in [0, 0.05) is 0 Å². The van der Waals surface area contributed by atoms with Crippen molar-refractivity contribution in [1.82, 2.24) is 0 Å². The van der Waals surface area contributed by atoms with Crippen molar-refractivity contribution in [3.8, 4) is 0 Å². The first-order valence-corrected chi connectivity index (χ1v) is 11.8. The zero-order valence-electron chi connectivity index (χ0n) is 12.7. The van der Waals surface area contributed by atoms with Gasteiger partial charge in [-0.25, -0.2) is 0 Å². The minimum atomic E-state index is -0.170. The molecule has 0 aromatic heterocycles. The van der Waals surface area contributed by atoms with Crippen LogP contribution in [0.3, 0.4) is 0 Å². The van der Waals surface area contributed by atoms with Crippen molar-refractivity contribution in [3.63, 3.8) is 0 Å². The van der Waals surface area contributed by atoms with Crippen molar-refractivity contribution in [3.05, 3.63) is 59.7 Å². The number of benzene rings is 2. The van der Waals surface area contributed by atoms with E-state index in [4.69, 9.17) is 0 Å². The van der Waals surface area contributed by atoms with Gasteiger partial charge in [-0.05, 0) is 0 Å². The Bertz CT molecular complexity index is 485. The number of hydrogen-bond acceptors (Lipinski definition) is 0. The van der Waals surface area contributed by atoms with Crippen molar-refractivity contribution in [2.75, 3.05) is 0 Å². The van der Waals surface area contributed by atoms with Crippen LogP contribution >= 0.6 is 16.5 Å². The van der Waals surface area contributed by atoms with Crippen molar-refractivity contribution in [2.24, 2.45) is 0 Å². The Balaban J connectivity index is 2.09. The summed E-state index contributed by atoms with van der Waals surface area (Å²) in [7, 11) is 0.861. The Morgan fingerprint density at radius 3 is 2.15 bits per heavy atom. The van der Waals surface area contributed by atoms with Crippen LogP contribution in [-0.4, -0.2) is 0 Å². The van der Waals surface area contributed by atoms with Crippen LogP contribution in [0.25, 0.3) is 0 Å². The van der Waals surface area contributed by atoms with Crippen LogP contribution in [0.15, 0.2) is 48.5 Å². The molecule has 0 spiro atoms. The SMILES string of the molecule is CCCc1ccccc1P[PH3]c1ccccc1CCC. The van der Waals surface area contributed by atoms with E-state index in [9.17, 15) is 0 Å². The molecule has 108 valence electrons. The number of rotatable bonds is 7. The molecule has 1 unspecified atom stereocenters. The summed E-state index contributed by atoms with van der Waals surface area (Å²) in [6.45, 7) is 4.55. The Hall–Kier alpha value is -0.700. The predicted octanol–water partition coefficient (Wildman–Crippen LogP) is 4.28. The van der Waals surface area contributed by atoms with Gasteiger partial charge in [0.2, 0.25) is 0 Å². The summed E-state index contributed by atoms with van der Waals surface area (Å²) in [5, 5.41) is 3.30. The molecule has 0 aliphatic heterocycles. The molecule has 0 fully saturated rings. The van der Waals surface area contributed by atoms with Crippen molar-refractivity contribution >= 4 is 27.1 Å². The van der Waals surface area contributed by atoms with Crippen molar-refractivity contribution in [2.45, 2.75) is 39.5 Å². The van der Waals surface area contributed by atoms with Crippen molar-refractivity contribution < 1.29 is 0 Å². The molecule has 0 bridgehead atoms. The van der Waals surface area contributed by atoms with Crippen LogP contribution in [-0.2, 0) is 12.8 Å². The van der Waals surface area contributed by atoms with Crippen LogP contribution in [0.1, 0.15) is 37.8 Å². The van der Waals surface area contributed by atoms with Crippen LogP contribution in [0.2, 0.25) is 0 Å². The first-order chi connectivity index (χ1) is 9.85. The van der Waals surface area contributed by atoms with E-state index in [1.807, 2.05) is 0 Å². The molecule has 0 nitrogen and oxygen atoms in total. The fourth-order valence-electron chi connectivity index (χ4n) is 2.61. The van der Waals surface area contributed by atoms with E-state index in [-0.39, 0.29) is 8.27 Å². The molecule has 0 saturated heterocycles. The van der Waals surface area contributed by atoms with E-state index in [0.29, 0.717) is 0 Å². The molecular weight excluding hydrogens is 278 g/mol. The third-order valence-electron chi connectivity index (χ3n) is 3.64. The summed E-state index contributed by atoms with van der Waals surface area (Å²) in [6, 6.07) is 18.2. The summed E-state index contributed by atoms with van der Waals surface area (Å²) in [6.07, 6.45) is 4.97. The van der Waals surface area contributed by atoms with Crippen LogP contribution in [0.4, 0.5) is 0 Å². The van der Waals surface area contributed by atoms with Gasteiger partial charge in [0.25, 0.3) is 0 Å². The van der Waals surface area contributed by atoms with E-state index >= 15 is 0 Å². The van der Waals surface area contributed by atoms with Gasteiger partial charge in [0.15, 0.2) is 0 Å².